The minimum atomic E-state index is -0.326. The molecule has 0 bridgehead atoms. The Morgan fingerprint density at radius 2 is 2.15 bits per heavy atom. The normalized spacial score (nSPS) is 22.0. The van der Waals surface area contributed by atoms with E-state index in [1.165, 1.54) is 6.33 Å². The minimum absolute atomic E-state index is 0.0261. The molecule has 2 aromatic heterocycles. The molecule has 0 fully saturated rings. The Hall–Kier alpha value is -2.86. The Labute approximate surface area is 154 Å². The summed E-state index contributed by atoms with van der Waals surface area (Å²) < 4.78 is 7.28. The van der Waals surface area contributed by atoms with Crippen LogP contribution in [0.2, 0.25) is 5.02 Å². The van der Waals surface area contributed by atoms with Gasteiger partial charge in [0.15, 0.2) is 5.78 Å². The number of fused-ring (bicyclic) bond motifs is 1. The number of rotatable bonds is 2. The van der Waals surface area contributed by atoms with E-state index in [2.05, 4.69) is 15.4 Å². The number of halogens is 1. The van der Waals surface area contributed by atoms with Gasteiger partial charge >= 0.3 is 0 Å². The number of nitrogens with one attached hydrogen (secondary N) is 1. The fourth-order valence-electron chi connectivity index (χ4n) is 3.86. The number of ketones is 1. The minimum Gasteiger partial charge on any atom is -0.469 e. The van der Waals surface area contributed by atoms with Gasteiger partial charge in [0.2, 0.25) is 5.95 Å². The van der Waals surface area contributed by atoms with E-state index < -0.39 is 0 Å². The lowest BCUT2D eigenvalue weighted by atomic mass is 9.79. The van der Waals surface area contributed by atoms with Crippen molar-refractivity contribution in [3.63, 3.8) is 0 Å². The average molecular weight is 367 g/mol. The highest BCUT2D eigenvalue weighted by Gasteiger charge is 2.39. The van der Waals surface area contributed by atoms with Crippen LogP contribution in [0.5, 0.6) is 0 Å². The van der Waals surface area contributed by atoms with Gasteiger partial charge in [0.25, 0.3) is 0 Å². The van der Waals surface area contributed by atoms with Crippen molar-refractivity contribution >= 4 is 23.3 Å². The second-order valence-electron chi connectivity index (χ2n) is 6.55. The molecule has 0 radical (unpaired) electrons. The van der Waals surface area contributed by atoms with Crippen LogP contribution >= 0.6 is 11.6 Å². The van der Waals surface area contributed by atoms with Crippen molar-refractivity contribution in [2.24, 2.45) is 0 Å². The van der Waals surface area contributed by atoms with Gasteiger partial charge in [0.1, 0.15) is 18.1 Å². The maximum atomic E-state index is 13.1. The Kier molecular flexibility index (Phi) is 3.46. The fourth-order valence-corrected chi connectivity index (χ4v) is 4.06. The molecule has 26 heavy (non-hydrogen) atoms. The number of Topliss-reactive ketones (excluding diaryl/α,β-unsaturated/α-hetero) is 1. The first-order chi connectivity index (χ1) is 12.7. The van der Waals surface area contributed by atoms with Crippen LogP contribution in [-0.2, 0) is 4.79 Å². The van der Waals surface area contributed by atoms with Gasteiger partial charge in [0.05, 0.1) is 6.26 Å². The highest BCUT2D eigenvalue weighted by atomic mass is 35.5. The Bertz CT molecular complexity index is 1020. The number of allylic oxidation sites excluding steroid dienone is 2. The molecule has 6 nitrogen and oxygen atoms in total. The van der Waals surface area contributed by atoms with E-state index in [1.54, 1.807) is 10.9 Å². The van der Waals surface area contributed by atoms with Crippen LogP contribution in [0.25, 0.3) is 0 Å². The van der Waals surface area contributed by atoms with Gasteiger partial charge in [-0.1, -0.05) is 23.7 Å². The van der Waals surface area contributed by atoms with Gasteiger partial charge < -0.3 is 9.73 Å². The van der Waals surface area contributed by atoms with Crippen molar-refractivity contribution < 1.29 is 9.21 Å². The van der Waals surface area contributed by atoms with Crippen LogP contribution in [0.4, 0.5) is 5.95 Å². The molecule has 130 valence electrons. The quantitative estimate of drug-likeness (QED) is 0.743. The summed E-state index contributed by atoms with van der Waals surface area (Å²) in [6.07, 6.45) is 4.24. The first kappa shape index (κ1) is 15.4. The predicted octanol–water partition coefficient (Wildman–Crippen LogP) is 3.94. The maximum absolute atomic E-state index is 13.1. The number of anilines is 1. The number of hydrogen-bond donors (Lipinski definition) is 1. The third-order valence-electron chi connectivity index (χ3n) is 4.97. The van der Waals surface area contributed by atoms with Gasteiger partial charge in [-0.15, -0.1) is 0 Å². The number of furan rings is 1. The standard InChI is InChI=1S/C19H15ClN4O2/c20-13-4-1-3-11(7-13)18-17-14(23-19-21-10-22-24(18)19)8-12(9-15(17)25)16-5-2-6-26-16/h1-7,10,12,18H,8-9H2,(H,21,22,23)/t12-,18-/m1/s1. The molecule has 0 saturated heterocycles. The summed E-state index contributed by atoms with van der Waals surface area (Å²) in [7, 11) is 0. The van der Waals surface area contributed by atoms with Crippen LogP contribution in [0.15, 0.2) is 64.7 Å². The third-order valence-corrected chi connectivity index (χ3v) is 5.21. The summed E-state index contributed by atoms with van der Waals surface area (Å²) in [6.45, 7) is 0. The summed E-state index contributed by atoms with van der Waals surface area (Å²) in [5.41, 5.74) is 2.53. The zero-order valence-electron chi connectivity index (χ0n) is 13.7. The number of hydrogen-bond acceptors (Lipinski definition) is 5. The molecule has 1 N–H and O–H groups in total. The first-order valence-electron chi connectivity index (χ1n) is 8.42. The van der Waals surface area contributed by atoms with Gasteiger partial charge in [-0.3, -0.25) is 4.79 Å². The number of benzene rings is 1. The largest absolute Gasteiger partial charge is 0.469 e. The van der Waals surface area contributed by atoms with E-state index in [1.807, 2.05) is 36.4 Å². The average Bonchev–Trinajstić information content (AvgIpc) is 3.31. The van der Waals surface area contributed by atoms with Crippen molar-refractivity contribution in [2.75, 3.05) is 5.32 Å². The van der Waals surface area contributed by atoms with Gasteiger partial charge in [-0.05, 0) is 36.2 Å². The lowest BCUT2D eigenvalue weighted by molar-refractivity contribution is -0.117. The van der Waals surface area contributed by atoms with E-state index in [-0.39, 0.29) is 17.7 Å². The lowest BCUT2D eigenvalue weighted by Gasteiger charge is -2.34. The molecule has 1 aromatic carbocycles. The number of nitrogens with zero attached hydrogens (tertiary/aromatic N) is 3. The highest BCUT2D eigenvalue weighted by Crippen LogP contribution is 2.44. The molecule has 0 unspecified atom stereocenters. The molecule has 0 saturated carbocycles. The number of carbonyl (C=O) groups excluding carboxylic acids is 1. The molecular formula is C19H15ClN4O2. The Morgan fingerprint density at radius 3 is 2.96 bits per heavy atom. The fraction of sp³-hybridized carbons (Fsp3) is 0.211. The molecule has 7 heteroatoms. The highest BCUT2D eigenvalue weighted by molar-refractivity contribution is 6.30. The van der Waals surface area contributed by atoms with Crippen molar-refractivity contribution in [1.82, 2.24) is 14.8 Å². The Morgan fingerprint density at radius 1 is 1.23 bits per heavy atom. The SMILES string of the molecule is O=C1C[C@H](c2ccco2)CC2=C1[C@@H](c1cccc(Cl)c1)n1ncnc1N2. The lowest BCUT2D eigenvalue weighted by Crippen LogP contribution is -2.33. The van der Waals surface area contributed by atoms with Crippen molar-refractivity contribution in [3.05, 3.63) is 76.6 Å². The van der Waals surface area contributed by atoms with Gasteiger partial charge in [-0.2, -0.15) is 10.1 Å². The van der Waals surface area contributed by atoms with E-state index in [9.17, 15) is 4.79 Å². The molecule has 0 amide bonds. The predicted molar refractivity (Wildman–Crippen MR) is 96.0 cm³/mol. The van der Waals surface area contributed by atoms with Crippen LogP contribution in [0.3, 0.4) is 0 Å². The van der Waals surface area contributed by atoms with E-state index >= 15 is 0 Å². The second kappa shape index (κ2) is 5.85. The second-order valence-corrected chi connectivity index (χ2v) is 6.98. The van der Waals surface area contributed by atoms with Gasteiger partial charge in [-0.25, -0.2) is 4.68 Å². The summed E-state index contributed by atoms with van der Waals surface area (Å²) >= 11 is 6.19. The summed E-state index contributed by atoms with van der Waals surface area (Å²) in [5, 5.41) is 8.25. The topological polar surface area (TPSA) is 73.0 Å². The zero-order chi connectivity index (χ0) is 17.7. The van der Waals surface area contributed by atoms with E-state index in [0.29, 0.717) is 23.8 Å². The molecule has 2 atom stereocenters. The van der Waals surface area contributed by atoms with Gasteiger partial charge in [0, 0.05) is 28.6 Å². The van der Waals surface area contributed by atoms with Crippen molar-refractivity contribution in [1.29, 1.82) is 0 Å². The summed E-state index contributed by atoms with van der Waals surface area (Å²) in [4.78, 5) is 17.4. The van der Waals surface area contributed by atoms with Crippen LogP contribution in [0.1, 0.15) is 36.1 Å². The molecule has 0 spiro atoms. The van der Waals surface area contributed by atoms with Crippen molar-refractivity contribution in [3.8, 4) is 0 Å². The summed E-state index contributed by atoms with van der Waals surface area (Å²) in [6, 6.07) is 11.0. The molecule has 1 aliphatic carbocycles. The smallest absolute Gasteiger partial charge is 0.226 e. The molecule has 3 heterocycles. The van der Waals surface area contributed by atoms with E-state index in [4.69, 9.17) is 16.0 Å². The zero-order valence-corrected chi connectivity index (χ0v) is 14.5. The molecule has 3 aromatic rings. The monoisotopic (exact) mass is 366 g/mol. The number of aromatic nitrogens is 3. The van der Waals surface area contributed by atoms with Crippen LogP contribution in [-0.4, -0.2) is 20.5 Å². The van der Waals surface area contributed by atoms with Crippen LogP contribution < -0.4 is 5.32 Å². The molecule has 1 aliphatic heterocycles. The molecular weight excluding hydrogens is 352 g/mol. The maximum Gasteiger partial charge on any atom is 0.226 e. The molecule has 2 aliphatic rings. The van der Waals surface area contributed by atoms with E-state index in [0.717, 1.165) is 22.6 Å². The third kappa shape index (κ3) is 2.37. The number of carbonyl (C=O) groups is 1. The Balaban J connectivity index is 1.63. The first-order valence-corrected chi connectivity index (χ1v) is 8.80. The molecule has 5 rings (SSSR count). The van der Waals surface area contributed by atoms with Crippen molar-refractivity contribution in [2.45, 2.75) is 24.8 Å². The van der Waals surface area contributed by atoms with Crippen LogP contribution in [0, 0.1) is 0 Å². The summed E-state index contributed by atoms with van der Waals surface area (Å²) in [5.74, 6) is 1.57.